The predicted octanol–water partition coefficient (Wildman–Crippen LogP) is 10.7. The van der Waals surface area contributed by atoms with Gasteiger partial charge in [0.1, 0.15) is 6.10 Å². The molecule has 5 aliphatic carbocycles. The highest BCUT2D eigenvalue weighted by molar-refractivity contribution is 6.31. The van der Waals surface area contributed by atoms with Crippen molar-refractivity contribution in [2.24, 2.45) is 56.2 Å². The number of esters is 1. The number of aliphatic carboxylic acids is 1. The van der Waals surface area contributed by atoms with Gasteiger partial charge in [-0.15, -0.1) is 0 Å². The Labute approximate surface area is 327 Å². The standard InChI is InChI=1S/C45H63ClN2O6/c1-12-28(46)14-13-27(4)38-47-34(54-48-38)24-45-22-21-43(10)29(37(45)36(26(2)3)30(49)23-45)15-16-32-42(9)19-18-33(53-35(50)25-40(5,6)39(51)52)41(7,8)31(42)17-20-44(32,43)11/h12-14,26,29,31-33H,4,15-25H2,1-3,5-11H3,(H,51,52)/b14-13-,28-12+/t29?,31-,32+,33-,42?,43+,44+,45-/m0/s1. The molecular formula is C45H63ClN2O6. The van der Waals surface area contributed by atoms with Gasteiger partial charge in [0.15, 0.2) is 5.78 Å². The van der Waals surface area contributed by atoms with E-state index in [2.05, 4.69) is 60.2 Å². The van der Waals surface area contributed by atoms with Gasteiger partial charge >= 0.3 is 11.9 Å². The number of allylic oxidation sites excluding steroid dienone is 7. The van der Waals surface area contributed by atoms with Gasteiger partial charge in [0.05, 0.1) is 11.8 Å². The molecule has 0 bridgehead atoms. The molecule has 0 aliphatic heterocycles. The number of hydrogen-bond donors (Lipinski definition) is 1. The quantitative estimate of drug-likeness (QED) is 0.185. The number of hydrogen-bond acceptors (Lipinski definition) is 7. The van der Waals surface area contributed by atoms with Crippen LogP contribution in [-0.2, 0) is 25.5 Å². The Hall–Kier alpha value is -3.00. The zero-order valence-electron chi connectivity index (χ0n) is 34.4. The second kappa shape index (κ2) is 13.9. The molecule has 0 amide bonds. The van der Waals surface area contributed by atoms with E-state index in [0.717, 1.165) is 56.9 Å². The SMILES string of the molecule is C=C(/C=C\C(Cl)=C/C)c1noc(C[C@@]23CC[C@]4(C)C(CC[C@@H]5C6(C)CC[C@H](OC(=O)CC(C)(C)C(=O)O)C(C)(C)[C@@H]6CC[C@]54C)C2=C(C(C)C)C(=O)C3)n1. The third kappa shape index (κ3) is 6.38. The number of ether oxygens (including phenoxy) is 1. The number of Topliss-reactive ketones (excluding diaryl/α,β-unsaturated/α-hetero) is 1. The van der Waals surface area contributed by atoms with Gasteiger partial charge in [-0.25, -0.2) is 0 Å². The van der Waals surface area contributed by atoms with Gasteiger partial charge in [-0.1, -0.05) is 89.5 Å². The van der Waals surface area contributed by atoms with Gasteiger partial charge in [0.25, 0.3) is 0 Å². The minimum Gasteiger partial charge on any atom is -0.481 e. The number of aromatic nitrogens is 2. The minimum absolute atomic E-state index is 0.00844. The maximum Gasteiger partial charge on any atom is 0.309 e. The zero-order chi connectivity index (χ0) is 39.8. The Balaban J connectivity index is 1.28. The molecule has 8 atom stereocenters. The van der Waals surface area contributed by atoms with Crippen molar-refractivity contribution in [2.75, 3.05) is 0 Å². The van der Waals surface area contributed by atoms with E-state index in [1.54, 1.807) is 32.1 Å². The summed E-state index contributed by atoms with van der Waals surface area (Å²) < 4.78 is 12.1. The fourth-order valence-corrected chi connectivity index (χ4v) is 12.9. The fraction of sp³-hybridized carbons (Fsp3) is 0.711. The smallest absolute Gasteiger partial charge is 0.309 e. The third-order valence-corrected chi connectivity index (χ3v) is 16.3. The first-order valence-corrected chi connectivity index (χ1v) is 20.7. The lowest BCUT2D eigenvalue weighted by atomic mass is 9.33. The lowest BCUT2D eigenvalue weighted by molar-refractivity contribution is -0.233. The highest BCUT2D eigenvalue weighted by atomic mass is 35.5. The van der Waals surface area contributed by atoms with Crippen molar-refractivity contribution in [1.82, 2.24) is 10.1 Å². The number of carbonyl (C=O) groups excluding carboxylic acids is 2. The van der Waals surface area contributed by atoms with Crippen molar-refractivity contribution in [2.45, 2.75) is 146 Å². The monoisotopic (exact) mass is 762 g/mol. The summed E-state index contributed by atoms with van der Waals surface area (Å²) >= 11 is 6.17. The van der Waals surface area contributed by atoms with Crippen LogP contribution in [0.15, 0.2) is 45.5 Å². The van der Waals surface area contributed by atoms with E-state index in [1.165, 1.54) is 5.57 Å². The lowest BCUT2D eigenvalue weighted by Gasteiger charge is -2.72. The number of halogens is 1. The van der Waals surface area contributed by atoms with Gasteiger partial charge in [0, 0.05) is 34.3 Å². The molecule has 1 heterocycles. The van der Waals surface area contributed by atoms with E-state index in [9.17, 15) is 19.5 Å². The van der Waals surface area contributed by atoms with Crippen molar-refractivity contribution in [3.8, 4) is 0 Å². The van der Waals surface area contributed by atoms with E-state index in [1.807, 2.05) is 6.92 Å². The summed E-state index contributed by atoms with van der Waals surface area (Å²) in [6, 6.07) is 0. The van der Waals surface area contributed by atoms with Crippen molar-refractivity contribution in [3.63, 3.8) is 0 Å². The summed E-state index contributed by atoms with van der Waals surface area (Å²) in [5.41, 5.74) is 1.43. The summed E-state index contributed by atoms with van der Waals surface area (Å²) in [7, 11) is 0. The first-order valence-electron chi connectivity index (χ1n) is 20.3. The molecule has 5 aliphatic rings. The van der Waals surface area contributed by atoms with Crippen LogP contribution in [-0.4, -0.2) is 39.1 Å². The molecule has 0 saturated heterocycles. The number of ketones is 1. The number of carboxylic acids is 1. The van der Waals surface area contributed by atoms with Crippen LogP contribution in [0.25, 0.3) is 5.57 Å². The summed E-state index contributed by atoms with van der Waals surface area (Å²) in [4.78, 5) is 43.8. The maximum absolute atomic E-state index is 14.1. The number of nitrogens with zero attached hydrogens (tertiary/aromatic N) is 2. The lowest BCUT2D eigenvalue weighted by Crippen LogP contribution is -2.65. The van der Waals surface area contributed by atoms with E-state index in [4.69, 9.17) is 25.8 Å². The second-order valence-electron chi connectivity index (χ2n) is 19.9. The van der Waals surface area contributed by atoms with Crippen LogP contribution in [0.5, 0.6) is 0 Å². The van der Waals surface area contributed by atoms with Crippen LogP contribution in [0.1, 0.15) is 145 Å². The van der Waals surface area contributed by atoms with E-state index >= 15 is 0 Å². The normalized spacial score (nSPS) is 36.4. The Morgan fingerprint density at radius 3 is 2.37 bits per heavy atom. The van der Waals surface area contributed by atoms with Gasteiger partial charge in [0.2, 0.25) is 11.7 Å². The average Bonchev–Trinajstić information content (AvgIpc) is 3.66. The molecule has 296 valence electrons. The first kappa shape index (κ1) is 40.7. The molecule has 8 nitrogen and oxygen atoms in total. The molecule has 1 aromatic heterocycles. The molecule has 6 rings (SSSR count). The van der Waals surface area contributed by atoms with Gasteiger partial charge < -0.3 is 14.4 Å². The summed E-state index contributed by atoms with van der Waals surface area (Å²) in [5.74, 6) is 1.15. The number of rotatable bonds is 10. The topological polar surface area (TPSA) is 120 Å². The summed E-state index contributed by atoms with van der Waals surface area (Å²) in [6.45, 7) is 25.7. The van der Waals surface area contributed by atoms with Crippen LogP contribution < -0.4 is 0 Å². The molecule has 0 radical (unpaired) electrons. The molecule has 1 N–H and O–H groups in total. The summed E-state index contributed by atoms with van der Waals surface area (Å²) in [5, 5.41) is 14.5. The molecule has 9 heteroatoms. The Kier molecular flexibility index (Phi) is 10.5. The second-order valence-corrected chi connectivity index (χ2v) is 20.3. The van der Waals surface area contributed by atoms with Gasteiger partial charge in [-0.05, 0) is 124 Å². The highest BCUT2D eigenvalue weighted by Gasteiger charge is 2.70. The van der Waals surface area contributed by atoms with Crippen LogP contribution >= 0.6 is 11.6 Å². The van der Waals surface area contributed by atoms with Crippen LogP contribution in [0.4, 0.5) is 0 Å². The number of carbonyl (C=O) groups is 3. The largest absolute Gasteiger partial charge is 0.481 e. The predicted molar refractivity (Wildman–Crippen MR) is 211 cm³/mol. The molecule has 4 fully saturated rings. The van der Waals surface area contributed by atoms with Crippen LogP contribution in [0, 0.1) is 56.2 Å². The van der Waals surface area contributed by atoms with Crippen LogP contribution in [0.3, 0.4) is 0 Å². The number of fused-ring (bicyclic) bond motifs is 7. The zero-order valence-corrected chi connectivity index (χ0v) is 35.1. The Morgan fingerprint density at radius 2 is 1.72 bits per heavy atom. The fourth-order valence-electron chi connectivity index (χ4n) is 12.9. The molecule has 4 saturated carbocycles. The first-order chi connectivity index (χ1) is 25.1. The van der Waals surface area contributed by atoms with E-state index < -0.39 is 17.4 Å². The molecular weight excluding hydrogens is 700 g/mol. The van der Waals surface area contributed by atoms with Gasteiger partial charge in [-0.2, -0.15) is 4.98 Å². The van der Waals surface area contributed by atoms with E-state index in [-0.39, 0.29) is 51.3 Å². The van der Waals surface area contributed by atoms with Gasteiger partial charge in [-0.3, -0.25) is 14.4 Å². The average molecular weight is 763 g/mol. The Morgan fingerprint density at radius 1 is 1.02 bits per heavy atom. The van der Waals surface area contributed by atoms with Crippen LogP contribution in [0.2, 0.25) is 0 Å². The van der Waals surface area contributed by atoms with Crippen molar-refractivity contribution in [1.29, 1.82) is 0 Å². The minimum atomic E-state index is -1.17. The van der Waals surface area contributed by atoms with Crippen molar-refractivity contribution in [3.05, 3.63) is 52.7 Å². The Bertz CT molecular complexity index is 1820. The summed E-state index contributed by atoms with van der Waals surface area (Å²) in [6.07, 6.45) is 14.0. The van der Waals surface area contributed by atoms with E-state index in [0.29, 0.717) is 52.9 Å². The molecule has 2 unspecified atom stereocenters. The third-order valence-electron chi connectivity index (χ3n) is 15.9. The molecule has 0 aromatic carbocycles. The molecule has 1 aromatic rings. The van der Waals surface area contributed by atoms with Crippen molar-refractivity contribution >= 4 is 34.9 Å². The highest BCUT2D eigenvalue weighted by Crippen LogP contribution is 2.77. The molecule has 54 heavy (non-hydrogen) atoms. The number of carboxylic acid groups (broad SMARTS) is 1. The van der Waals surface area contributed by atoms with Crippen molar-refractivity contribution < 1.29 is 28.8 Å². The maximum atomic E-state index is 14.1. The molecule has 0 spiro atoms.